The van der Waals surface area contributed by atoms with Crippen molar-refractivity contribution in [2.24, 2.45) is 11.8 Å². The van der Waals surface area contributed by atoms with Crippen LogP contribution in [0.3, 0.4) is 0 Å². The van der Waals surface area contributed by atoms with E-state index in [1.54, 1.807) is 0 Å². The summed E-state index contributed by atoms with van der Waals surface area (Å²) in [6.45, 7) is 7.60. The van der Waals surface area contributed by atoms with E-state index in [1.165, 1.54) is 0 Å². The van der Waals surface area contributed by atoms with Crippen LogP contribution in [-0.2, 0) is 4.79 Å². The van der Waals surface area contributed by atoms with Crippen LogP contribution >= 0.6 is 0 Å². The fraction of sp³-hybridized carbons (Fsp3) is 0.867. The Hall–Kier alpha value is -1.12. The number of piperidine rings is 1. The molecule has 2 unspecified atom stereocenters. The molecule has 1 saturated heterocycles. The van der Waals surface area contributed by atoms with Crippen molar-refractivity contribution in [2.75, 3.05) is 26.2 Å². The first kappa shape index (κ1) is 16.9. The van der Waals surface area contributed by atoms with Gasteiger partial charge < -0.3 is 10.4 Å². The normalized spacial score (nSPS) is 23.7. The molecule has 1 fully saturated rings. The van der Waals surface area contributed by atoms with Crippen LogP contribution in [0, 0.1) is 23.2 Å². The fourth-order valence-electron chi connectivity index (χ4n) is 2.79. The van der Waals surface area contributed by atoms with E-state index in [9.17, 15) is 4.79 Å². The molecule has 5 heteroatoms. The lowest BCUT2D eigenvalue weighted by molar-refractivity contribution is -0.137. The topological polar surface area (TPSA) is 76.4 Å². The maximum absolute atomic E-state index is 10.7. The molecule has 2 atom stereocenters. The number of carboxylic acids is 1. The van der Waals surface area contributed by atoms with Crippen molar-refractivity contribution < 1.29 is 9.90 Å². The lowest BCUT2D eigenvalue weighted by Crippen LogP contribution is -2.49. The number of nitrogens with zero attached hydrogens (tertiary/aromatic N) is 2. The second kappa shape index (κ2) is 8.93. The largest absolute Gasteiger partial charge is 0.481 e. The van der Waals surface area contributed by atoms with Crippen LogP contribution in [0.15, 0.2) is 0 Å². The van der Waals surface area contributed by atoms with Gasteiger partial charge in [-0.2, -0.15) is 5.26 Å². The van der Waals surface area contributed by atoms with Crippen molar-refractivity contribution >= 4 is 5.97 Å². The highest BCUT2D eigenvalue weighted by Gasteiger charge is 2.26. The van der Waals surface area contributed by atoms with Crippen molar-refractivity contribution in [3.8, 4) is 6.07 Å². The lowest BCUT2D eigenvalue weighted by atomic mass is 9.90. The summed E-state index contributed by atoms with van der Waals surface area (Å²) in [6, 6.07) is 2.58. The van der Waals surface area contributed by atoms with Crippen LogP contribution in [-0.4, -0.2) is 48.2 Å². The molecular formula is C15H27N3O2. The Kier molecular flexibility index (Phi) is 7.56. The van der Waals surface area contributed by atoms with Gasteiger partial charge in [0.15, 0.2) is 0 Å². The third-order valence-corrected chi connectivity index (χ3v) is 3.83. The zero-order chi connectivity index (χ0) is 15.0. The molecule has 1 heterocycles. The summed E-state index contributed by atoms with van der Waals surface area (Å²) in [6.07, 6.45) is 3.10. The van der Waals surface area contributed by atoms with Crippen LogP contribution in [0.4, 0.5) is 0 Å². The average Bonchev–Trinajstić information content (AvgIpc) is 2.36. The summed E-state index contributed by atoms with van der Waals surface area (Å²) in [5.74, 6) is 0.334. The number of likely N-dealkylation sites (tertiary alicyclic amines) is 1. The molecule has 0 aromatic rings. The minimum Gasteiger partial charge on any atom is -0.481 e. The molecule has 5 nitrogen and oxygen atoms in total. The maximum Gasteiger partial charge on any atom is 0.303 e. The zero-order valence-electron chi connectivity index (χ0n) is 12.6. The summed E-state index contributed by atoms with van der Waals surface area (Å²) >= 11 is 0. The van der Waals surface area contributed by atoms with Crippen molar-refractivity contribution in [1.82, 2.24) is 10.2 Å². The number of aliphatic carboxylic acids is 1. The molecule has 0 spiro atoms. The first-order chi connectivity index (χ1) is 9.51. The van der Waals surface area contributed by atoms with Crippen molar-refractivity contribution in [2.45, 2.75) is 45.6 Å². The van der Waals surface area contributed by atoms with Crippen molar-refractivity contribution in [3.63, 3.8) is 0 Å². The van der Waals surface area contributed by atoms with Gasteiger partial charge in [-0.3, -0.25) is 9.69 Å². The van der Waals surface area contributed by atoms with Crippen LogP contribution in [0.2, 0.25) is 0 Å². The van der Waals surface area contributed by atoms with Crippen LogP contribution in [0.5, 0.6) is 0 Å². The van der Waals surface area contributed by atoms with E-state index in [1.807, 2.05) is 0 Å². The molecule has 1 aliphatic heterocycles. The molecule has 0 aromatic heterocycles. The van der Waals surface area contributed by atoms with Crippen LogP contribution in [0.1, 0.15) is 39.5 Å². The van der Waals surface area contributed by atoms with Gasteiger partial charge in [0.25, 0.3) is 0 Å². The van der Waals surface area contributed by atoms with E-state index >= 15 is 0 Å². The van der Waals surface area contributed by atoms with E-state index in [0.29, 0.717) is 30.8 Å². The molecule has 1 aliphatic rings. The van der Waals surface area contributed by atoms with Gasteiger partial charge in [-0.05, 0) is 37.6 Å². The molecule has 0 bridgehead atoms. The van der Waals surface area contributed by atoms with E-state index in [4.69, 9.17) is 10.4 Å². The van der Waals surface area contributed by atoms with Gasteiger partial charge in [-0.25, -0.2) is 0 Å². The highest BCUT2D eigenvalue weighted by Crippen LogP contribution is 2.21. The molecule has 0 saturated carbocycles. The lowest BCUT2D eigenvalue weighted by Gasteiger charge is -2.37. The molecule has 0 aromatic carbocycles. The standard InChI is InChI=1S/C15H27N3O2/c1-12(2)5-7-17-14-9-13(3-4-15(19)20)10-18(11-14)8-6-16/h12-14,17H,3-5,7-11H2,1-2H3,(H,19,20). The van der Waals surface area contributed by atoms with Gasteiger partial charge in [-0.1, -0.05) is 13.8 Å². The first-order valence-electron chi connectivity index (χ1n) is 7.55. The Balaban J connectivity index is 2.43. The monoisotopic (exact) mass is 281 g/mol. The number of nitriles is 1. The van der Waals surface area contributed by atoms with Crippen molar-refractivity contribution in [3.05, 3.63) is 0 Å². The Morgan fingerprint density at radius 2 is 2.25 bits per heavy atom. The number of hydrogen-bond donors (Lipinski definition) is 2. The summed E-state index contributed by atoms with van der Waals surface area (Å²) in [4.78, 5) is 12.8. The highest BCUT2D eigenvalue weighted by atomic mass is 16.4. The fourth-order valence-corrected chi connectivity index (χ4v) is 2.79. The van der Waals surface area contributed by atoms with Gasteiger partial charge in [0.2, 0.25) is 0 Å². The summed E-state index contributed by atoms with van der Waals surface area (Å²) in [5.41, 5.74) is 0. The molecule has 0 radical (unpaired) electrons. The second-order valence-corrected chi connectivity index (χ2v) is 6.22. The maximum atomic E-state index is 10.7. The van der Waals surface area contributed by atoms with E-state index < -0.39 is 5.97 Å². The van der Waals surface area contributed by atoms with Crippen LogP contribution < -0.4 is 5.32 Å². The Labute approximate surface area is 122 Å². The summed E-state index contributed by atoms with van der Waals surface area (Å²) in [5, 5.41) is 21.2. The van der Waals surface area contributed by atoms with E-state index in [-0.39, 0.29) is 6.42 Å². The quantitative estimate of drug-likeness (QED) is 0.662. The van der Waals surface area contributed by atoms with Crippen molar-refractivity contribution in [1.29, 1.82) is 5.26 Å². The van der Waals surface area contributed by atoms with E-state index in [0.717, 1.165) is 32.5 Å². The summed E-state index contributed by atoms with van der Waals surface area (Å²) in [7, 11) is 0. The number of rotatable bonds is 8. The Morgan fingerprint density at radius 3 is 2.85 bits per heavy atom. The third-order valence-electron chi connectivity index (χ3n) is 3.83. The number of carboxylic acid groups (broad SMARTS) is 1. The average molecular weight is 281 g/mol. The third kappa shape index (κ3) is 6.88. The SMILES string of the molecule is CC(C)CCNC1CC(CCC(=O)O)CN(CC#N)C1. The zero-order valence-corrected chi connectivity index (χ0v) is 12.6. The molecule has 2 N–H and O–H groups in total. The number of carbonyl (C=O) groups is 1. The van der Waals surface area contributed by atoms with Gasteiger partial charge in [-0.15, -0.1) is 0 Å². The van der Waals surface area contributed by atoms with Crippen LogP contribution in [0.25, 0.3) is 0 Å². The predicted octanol–water partition coefficient (Wildman–Crippen LogP) is 1.70. The van der Waals surface area contributed by atoms with E-state index in [2.05, 4.69) is 30.1 Å². The predicted molar refractivity (Wildman–Crippen MR) is 78.3 cm³/mol. The minimum atomic E-state index is -0.730. The first-order valence-corrected chi connectivity index (χ1v) is 7.55. The van der Waals surface area contributed by atoms with Gasteiger partial charge in [0, 0.05) is 25.6 Å². The molecule has 114 valence electrons. The summed E-state index contributed by atoms with van der Waals surface area (Å²) < 4.78 is 0. The Bertz CT molecular complexity index is 339. The molecule has 0 aliphatic carbocycles. The van der Waals surface area contributed by atoms with Gasteiger partial charge in [0.05, 0.1) is 12.6 Å². The number of hydrogen-bond acceptors (Lipinski definition) is 4. The highest BCUT2D eigenvalue weighted by molar-refractivity contribution is 5.66. The molecule has 1 rings (SSSR count). The molecule has 0 amide bonds. The Morgan fingerprint density at radius 1 is 1.50 bits per heavy atom. The van der Waals surface area contributed by atoms with Gasteiger partial charge >= 0.3 is 5.97 Å². The second-order valence-electron chi connectivity index (χ2n) is 6.22. The molecular weight excluding hydrogens is 254 g/mol. The van der Waals surface area contributed by atoms with Gasteiger partial charge in [0.1, 0.15) is 0 Å². The minimum absolute atomic E-state index is 0.226. The molecule has 20 heavy (non-hydrogen) atoms. The number of nitrogens with one attached hydrogen (secondary N) is 1. The smallest absolute Gasteiger partial charge is 0.303 e.